The van der Waals surface area contributed by atoms with Crippen molar-refractivity contribution in [1.82, 2.24) is 0 Å². The molecule has 0 radical (unpaired) electrons. The van der Waals surface area contributed by atoms with Crippen LogP contribution in [0.15, 0.2) is 12.1 Å². The van der Waals surface area contributed by atoms with E-state index in [1.165, 1.54) is 0 Å². The summed E-state index contributed by atoms with van der Waals surface area (Å²) in [4.78, 5) is 0. The molecule has 1 N–H and O–H groups in total. The van der Waals surface area contributed by atoms with Gasteiger partial charge in [0.15, 0.2) is 0 Å². The van der Waals surface area contributed by atoms with Gasteiger partial charge in [-0.15, -0.1) is 4.52 Å². The molecular weight excluding hydrogens is 362 g/mol. The highest BCUT2D eigenvalue weighted by Gasteiger charge is 2.24. The predicted molar refractivity (Wildman–Crippen MR) is 82.5 cm³/mol. The first-order chi connectivity index (χ1) is 8.25. The van der Waals surface area contributed by atoms with E-state index in [0.717, 1.165) is 14.7 Å². The molecule has 1 rings (SSSR count). The zero-order valence-corrected chi connectivity index (χ0v) is 14.2. The summed E-state index contributed by atoms with van der Waals surface area (Å²) in [5.41, 5.74) is 1.68. The van der Waals surface area contributed by atoms with Crippen LogP contribution in [0.2, 0.25) is 0 Å². The lowest BCUT2D eigenvalue weighted by Crippen LogP contribution is -2.12. The Morgan fingerprint density at radius 3 is 2.50 bits per heavy atom. The standard InChI is InChI=1S/C13H18IO3P/c1-5-17-18(16)8-9-6-10(13(2,3)4)12(15)11(14)7-9/h6-7H,5,8H2,1-4H3/p+1. The van der Waals surface area contributed by atoms with E-state index in [4.69, 9.17) is 4.52 Å². The van der Waals surface area contributed by atoms with Crippen molar-refractivity contribution in [3.05, 3.63) is 26.8 Å². The smallest absolute Gasteiger partial charge is 0.507 e. The Morgan fingerprint density at radius 1 is 1.39 bits per heavy atom. The average Bonchev–Trinajstić information content (AvgIpc) is 2.21. The molecule has 1 aromatic carbocycles. The van der Waals surface area contributed by atoms with E-state index in [1.807, 2.05) is 39.8 Å². The van der Waals surface area contributed by atoms with Gasteiger partial charge in [-0.25, -0.2) is 0 Å². The first-order valence-corrected chi connectivity index (χ1v) is 8.29. The van der Waals surface area contributed by atoms with Gasteiger partial charge in [-0.3, -0.25) is 0 Å². The quantitative estimate of drug-likeness (QED) is 0.614. The Labute approximate surface area is 123 Å². The summed E-state index contributed by atoms with van der Waals surface area (Å²) >= 11 is 2.10. The fraction of sp³-hybridized carbons (Fsp3) is 0.538. The molecule has 0 bridgehead atoms. The van der Waals surface area contributed by atoms with Crippen LogP contribution in [-0.4, -0.2) is 11.7 Å². The third-order valence-electron chi connectivity index (χ3n) is 2.52. The molecule has 0 saturated carbocycles. The van der Waals surface area contributed by atoms with Gasteiger partial charge in [0, 0.05) is 11.1 Å². The van der Waals surface area contributed by atoms with Crippen LogP contribution in [0.25, 0.3) is 0 Å². The normalized spacial score (nSPS) is 12.6. The maximum Gasteiger partial charge on any atom is 0.512 e. The number of hydrogen-bond donors (Lipinski definition) is 1. The van der Waals surface area contributed by atoms with Crippen LogP contribution in [0.1, 0.15) is 38.8 Å². The molecule has 0 aliphatic carbocycles. The van der Waals surface area contributed by atoms with Crippen LogP contribution < -0.4 is 0 Å². The Balaban J connectivity index is 3.09. The van der Waals surface area contributed by atoms with Crippen molar-refractivity contribution in [2.24, 2.45) is 0 Å². The topological polar surface area (TPSA) is 46.5 Å². The SMILES string of the molecule is CCO[P+](=O)Cc1cc(I)c(O)c(C(C)(C)C)c1. The number of halogens is 1. The minimum Gasteiger partial charge on any atom is -0.507 e. The number of phenolic OH excluding ortho intramolecular Hbond substituents is 1. The van der Waals surface area contributed by atoms with Gasteiger partial charge in [0.1, 0.15) is 5.75 Å². The highest BCUT2D eigenvalue weighted by molar-refractivity contribution is 14.1. The van der Waals surface area contributed by atoms with Crippen molar-refractivity contribution in [1.29, 1.82) is 0 Å². The van der Waals surface area contributed by atoms with E-state index in [0.29, 0.717) is 18.5 Å². The fourth-order valence-electron chi connectivity index (χ4n) is 1.66. The van der Waals surface area contributed by atoms with Gasteiger partial charge in [-0.05, 0) is 51.6 Å². The Hall–Kier alpha value is -0.190. The van der Waals surface area contributed by atoms with Gasteiger partial charge < -0.3 is 5.11 Å². The maximum atomic E-state index is 11.6. The zero-order valence-electron chi connectivity index (χ0n) is 11.2. The van der Waals surface area contributed by atoms with Crippen LogP contribution >= 0.6 is 30.6 Å². The average molecular weight is 381 g/mol. The summed E-state index contributed by atoms with van der Waals surface area (Å²) in [7, 11) is -1.66. The molecule has 0 aliphatic rings. The molecule has 3 nitrogen and oxygen atoms in total. The fourth-order valence-corrected chi connectivity index (χ4v) is 3.21. The minimum absolute atomic E-state index is 0.142. The summed E-state index contributed by atoms with van der Waals surface area (Å²) < 4.78 is 17.5. The number of hydrogen-bond acceptors (Lipinski definition) is 3. The molecule has 0 spiro atoms. The summed E-state index contributed by atoms with van der Waals surface area (Å²) in [5.74, 6) is 0.318. The first kappa shape index (κ1) is 15.9. The number of aromatic hydroxyl groups is 1. The van der Waals surface area contributed by atoms with Gasteiger partial charge in [0.25, 0.3) is 0 Å². The number of rotatable bonds is 4. The lowest BCUT2D eigenvalue weighted by molar-refractivity contribution is 0.349. The van der Waals surface area contributed by atoms with Gasteiger partial charge in [0.05, 0.1) is 10.2 Å². The predicted octanol–water partition coefficient (Wildman–Crippen LogP) is 4.57. The van der Waals surface area contributed by atoms with E-state index in [-0.39, 0.29) is 5.41 Å². The van der Waals surface area contributed by atoms with Crippen molar-refractivity contribution in [2.75, 3.05) is 6.61 Å². The van der Waals surface area contributed by atoms with E-state index in [2.05, 4.69) is 22.6 Å². The van der Waals surface area contributed by atoms with Gasteiger partial charge in [0.2, 0.25) is 6.16 Å². The van der Waals surface area contributed by atoms with E-state index < -0.39 is 8.03 Å². The number of benzene rings is 1. The largest absolute Gasteiger partial charge is 0.512 e. The van der Waals surface area contributed by atoms with E-state index >= 15 is 0 Å². The van der Waals surface area contributed by atoms with Crippen molar-refractivity contribution in [3.63, 3.8) is 0 Å². The summed E-state index contributed by atoms with van der Waals surface area (Å²) in [6, 6.07) is 3.78. The third-order valence-corrected chi connectivity index (χ3v) is 4.51. The van der Waals surface area contributed by atoms with Crippen molar-refractivity contribution in [2.45, 2.75) is 39.3 Å². The lowest BCUT2D eigenvalue weighted by atomic mass is 9.85. The van der Waals surface area contributed by atoms with E-state index in [9.17, 15) is 9.67 Å². The zero-order chi connectivity index (χ0) is 13.9. The van der Waals surface area contributed by atoms with Gasteiger partial charge in [-0.2, -0.15) is 0 Å². The Kier molecular flexibility index (Phi) is 5.56. The molecule has 1 unspecified atom stereocenters. The lowest BCUT2D eigenvalue weighted by Gasteiger charge is -2.21. The molecule has 1 aromatic rings. The van der Waals surface area contributed by atoms with Crippen LogP contribution in [0.3, 0.4) is 0 Å². The van der Waals surface area contributed by atoms with Crippen LogP contribution in [0, 0.1) is 3.57 Å². The molecule has 0 aromatic heterocycles. The minimum atomic E-state index is -1.66. The van der Waals surface area contributed by atoms with Crippen LogP contribution in [0.4, 0.5) is 0 Å². The molecule has 1 atom stereocenters. The molecular formula is C13H19IO3P+. The molecule has 0 amide bonds. The molecule has 0 heterocycles. The summed E-state index contributed by atoms with van der Waals surface area (Å²) in [6.07, 6.45) is 0.391. The van der Waals surface area contributed by atoms with Crippen molar-refractivity contribution in [3.8, 4) is 5.75 Å². The second-order valence-corrected chi connectivity index (χ2v) is 7.53. The summed E-state index contributed by atoms with van der Waals surface area (Å²) in [6.45, 7) is 8.42. The highest BCUT2D eigenvalue weighted by atomic mass is 127. The highest BCUT2D eigenvalue weighted by Crippen LogP contribution is 2.37. The second-order valence-electron chi connectivity index (χ2n) is 5.13. The molecule has 0 saturated heterocycles. The van der Waals surface area contributed by atoms with Crippen LogP contribution in [0.5, 0.6) is 5.75 Å². The van der Waals surface area contributed by atoms with Gasteiger partial charge >= 0.3 is 8.03 Å². The Morgan fingerprint density at radius 2 is 2.00 bits per heavy atom. The number of phenols is 1. The maximum absolute atomic E-state index is 11.6. The van der Waals surface area contributed by atoms with Gasteiger partial charge in [-0.1, -0.05) is 20.8 Å². The molecule has 0 fully saturated rings. The first-order valence-electron chi connectivity index (χ1n) is 5.85. The monoisotopic (exact) mass is 381 g/mol. The second kappa shape index (κ2) is 6.31. The summed E-state index contributed by atoms with van der Waals surface area (Å²) in [5, 5.41) is 10.1. The van der Waals surface area contributed by atoms with Crippen LogP contribution in [-0.2, 0) is 20.7 Å². The molecule has 18 heavy (non-hydrogen) atoms. The molecule has 5 heteroatoms. The molecule has 100 valence electrons. The van der Waals surface area contributed by atoms with E-state index in [1.54, 1.807) is 0 Å². The molecule has 0 aliphatic heterocycles. The Bertz CT molecular complexity index is 452. The third kappa shape index (κ3) is 4.18. The van der Waals surface area contributed by atoms with Crippen molar-refractivity contribution < 1.29 is 14.2 Å². The van der Waals surface area contributed by atoms with Crippen molar-refractivity contribution >= 4 is 30.6 Å².